The normalized spacial score (nSPS) is 14.8. The van der Waals surface area contributed by atoms with Gasteiger partial charge in [-0.25, -0.2) is 19.0 Å². The molecule has 0 aliphatic carbocycles. The van der Waals surface area contributed by atoms with Crippen molar-refractivity contribution in [2.45, 2.75) is 47.6 Å². The smallest absolute Gasteiger partial charge is 0.341 e. The lowest BCUT2D eigenvalue weighted by Gasteiger charge is -2.15. The van der Waals surface area contributed by atoms with Gasteiger partial charge in [0.25, 0.3) is 0 Å². The average molecular weight is 485 g/mol. The highest BCUT2D eigenvalue weighted by atomic mass is 19.1. The molecule has 2 rings (SSSR count). The lowest BCUT2D eigenvalue weighted by molar-refractivity contribution is -0.141. The number of hydrogen-bond donors (Lipinski definition) is 4. The number of ether oxygens (including phenoxy) is 1. The van der Waals surface area contributed by atoms with Crippen molar-refractivity contribution in [2.24, 2.45) is 0 Å². The third-order valence-corrected chi connectivity index (χ3v) is 3.66. The molecule has 192 valence electrons. The van der Waals surface area contributed by atoms with Gasteiger partial charge in [0.15, 0.2) is 12.5 Å². The zero-order valence-corrected chi connectivity index (χ0v) is 21.0. The Bertz CT molecular complexity index is 822. The number of benzene rings is 1. The molecule has 1 aliphatic heterocycles. The summed E-state index contributed by atoms with van der Waals surface area (Å²) in [5.41, 5.74) is 9.19. The molecule has 34 heavy (non-hydrogen) atoms. The van der Waals surface area contributed by atoms with Crippen molar-refractivity contribution in [1.82, 2.24) is 15.8 Å². The molecule has 1 aliphatic rings. The Morgan fingerprint density at radius 3 is 2.24 bits per heavy atom. The van der Waals surface area contributed by atoms with Crippen molar-refractivity contribution in [2.75, 3.05) is 25.9 Å². The predicted molar refractivity (Wildman–Crippen MR) is 131 cm³/mol. The number of nitrogens with zero attached hydrogens (tertiary/aromatic N) is 1. The maximum atomic E-state index is 12.2. The van der Waals surface area contributed by atoms with Crippen LogP contribution in [-0.2, 0) is 14.3 Å². The van der Waals surface area contributed by atoms with Crippen LogP contribution in [0.3, 0.4) is 0 Å². The maximum Gasteiger partial charge on any atom is 0.341 e. The van der Waals surface area contributed by atoms with Crippen LogP contribution in [0.1, 0.15) is 41.5 Å². The highest BCUT2D eigenvalue weighted by Gasteiger charge is 2.17. The van der Waals surface area contributed by atoms with E-state index in [1.807, 2.05) is 54.7 Å². The number of nitrogens with two attached hydrogens (primary N) is 1. The van der Waals surface area contributed by atoms with E-state index in [0.29, 0.717) is 12.4 Å². The number of aldehydes is 1. The first-order chi connectivity index (χ1) is 16.2. The van der Waals surface area contributed by atoms with E-state index in [4.69, 9.17) is 15.6 Å². The number of anilines is 1. The molecule has 10 heteroatoms. The van der Waals surface area contributed by atoms with E-state index in [1.165, 1.54) is 6.07 Å². The molecule has 8 nitrogen and oxygen atoms in total. The number of carbonyl (C=O) groups excluding carboxylic acids is 1. The van der Waals surface area contributed by atoms with E-state index in [1.54, 1.807) is 17.2 Å². The number of nitrogens with one attached hydrogen (secondary N) is 2. The molecule has 0 saturated heterocycles. The Kier molecular flexibility index (Phi) is 18.4. The summed E-state index contributed by atoms with van der Waals surface area (Å²) in [6.45, 7) is 12.0. The number of hydrogen-bond acceptors (Lipinski definition) is 7. The molecule has 0 aromatic heterocycles. The van der Waals surface area contributed by atoms with Gasteiger partial charge in [0.1, 0.15) is 29.6 Å². The summed E-state index contributed by atoms with van der Waals surface area (Å²) in [5.74, 6) is -2.06. The van der Waals surface area contributed by atoms with Crippen LogP contribution in [0.25, 0.3) is 0 Å². The van der Waals surface area contributed by atoms with Crippen molar-refractivity contribution in [1.29, 1.82) is 0 Å². The molecule has 1 heterocycles. The van der Waals surface area contributed by atoms with Gasteiger partial charge in [-0.2, -0.15) is 0 Å². The van der Waals surface area contributed by atoms with Crippen LogP contribution in [0, 0.1) is 11.6 Å². The monoisotopic (exact) mass is 484 g/mol. The van der Waals surface area contributed by atoms with E-state index in [-0.39, 0.29) is 6.04 Å². The quantitative estimate of drug-likeness (QED) is 0.189. The second-order valence-corrected chi connectivity index (χ2v) is 6.19. The Labute approximate surface area is 201 Å². The molecule has 1 atom stereocenters. The van der Waals surface area contributed by atoms with E-state index in [2.05, 4.69) is 10.7 Å². The zero-order chi connectivity index (χ0) is 26.7. The first kappa shape index (κ1) is 32.8. The third-order valence-electron chi connectivity index (χ3n) is 3.66. The first-order valence-electron chi connectivity index (χ1n) is 11.0. The molecular formula is C24H38F2N4O4. The fraction of sp³-hybridized carbons (Fsp3) is 0.417. The molecule has 5 N–H and O–H groups in total. The predicted octanol–water partition coefficient (Wildman–Crippen LogP) is 3.99. The summed E-state index contributed by atoms with van der Waals surface area (Å²) in [6, 6.07) is 3.16. The van der Waals surface area contributed by atoms with Crippen LogP contribution in [-0.4, -0.2) is 48.6 Å². The fourth-order valence-electron chi connectivity index (χ4n) is 2.30. The highest BCUT2D eigenvalue weighted by Crippen LogP contribution is 2.14. The van der Waals surface area contributed by atoms with Crippen molar-refractivity contribution >= 4 is 17.9 Å². The van der Waals surface area contributed by atoms with E-state index in [9.17, 15) is 18.4 Å². The summed E-state index contributed by atoms with van der Waals surface area (Å²) in [6.07, 6.45) is 6.21. The third kappa shape index (κ3) is 13.2. The Morgan fingerprint density at radius 1 is 1.26 bits per heavy atom. The number of carbonyl (C=O) groups is 2. The number of hydrazine groups is 1. The van der Waals surface area contributed by atoms with Crippen LogP contribution in [0.2, 0.25) is 0 Å². The van der Waals surface area contributed by atoms with Crippen molar-refractivity contribution in [3.05, 3.63) is 65.2 Å². The van der Waals surface area contributed by atoms with Gasteiger partial charge in [-0.05, 0) is 43.7 Å². The van der Waals surface area contributed by atoms with Gasteiger partial charge in [-0.1, -0.05) is 33.8 Å². The molecule has 1 aromatic carbocycles. The van der Waals surface area contributed by atoms with Gasteiger partial charge < -0.3 is 30.7 Å². The number of aliphatic carboxylic acids is 1. The molecule has 0 fully saturated rings. The van der Waals surface area contributed by atoms with Gasteiger partial charge in [-0.15, -0.1) is 0 Å². The van der Waals surface area contributed by atoms with Crippen LogP contribution in [0.15, 0.2) is 53.6 Å². The van der Waals surface area contributed by atoms with Crippen molar-refractivity contribution < 1.29 is 28.2 Å². The van der Waals surface area contributed by atoms with E-state index < -0.39 is 29.9 Å². The Balaban J connectivity index is 0. The van der Waals surface area contributed by atoms with Crippen molar-refractivity contribution in [3.63, 3.8) is 0 Å². The number of rotatable bonds is 8. The van der Waals surface area contributed by atoms with Gasteiger partial charge in [0.2, 0.25) is 0 Å². The SMILES string of the molecule is CC.CC.CCN/C(=C\C(C)=C\C1=CC(C=O)NN1C)OCC(=O)O.Nc1c(F)cccc1F. The minimum atomic E-state index is -1.03. The number of para-hydroxylation sites is 1. The van der Waals surface area contributed by atoms with Gasteiger partial charge >= 0.3 is 5.97 Å². The molecule has 0 radical (unpaired) electrons. The lowest BCUT2D eigenvalue weighted by Crippen LogP contribution is -2.34. The Morgan fingerprint density at radius 2 is 1.82 bits per heavy atom. The molecule has 0 bridgehead atoms. The standard InChI is InChI=1S/C14H21N3O4.C6H5F2N.2C2H6/c1-4-15-13(21-9-14(19)20)6-10(2)5-12-7-11(8-18)16-17(12)3;7-4-2-1-3-5(8)6(4)9;2*1-2/h5-8,11,15-16H,4,9H2,1-3H3,(H,19,20);1-3H,9H2;2*1-2H3/b10-5+,13-6+;;;. The largest absolute Gasteiger partial charge is 0.479 e. The van der Waals surface area contributed by atoms with Gasteiger partial charge in [0.05, 0.1) is 0 Å². The van der Waals surface area contributed by atoms with Crippen LogP contribution in [0.4, 0.5) is 14.5 Å². The summed E-state index contributed by atoms with van der Waals surface area (Å²) >= 11 is 0. The average Bonchev–Trinajstić information content (AvgIpc) is 3.18. The molecule has 0 saturated carbocycles. The summed E-state index contributed by atoms with van der Waals surface area (Å²) in [5, 5.41) is 13.3. The molecular weight excluding hydrogens is 446 g/mol. The number of allylic oxidation sites excluding steroid dienone is 3. The van der Waals surface area contributed by atoms with Crippen molar-refractivity contribution in [3.8, 4) is 0 Å². The van der Waals surface area contributed by atoms with E-state index in [0.717, 1.165) is 29.7 Å². The van der Waals surface area contributed by atoms with Crippen LogP contribution >= 0.6 is 0 Å². The van der Waals surface area contributed by atoms with Crippen LogP contribution < -0.4 is 16.5 Å². The summed E-state index contributed by atoms with van der Waals surface area (Å²) < 4.78 is 29.6. The second-order valence-electron chi connectivity index (χ2n) is 6.19. The number of likely N-dealkylation sites (N-methyl/N-ethyl adjacent to an activating group) is 1. The molecule has 0 amide bonds. The second kappa shape index (κ2) is 19.1. The summed E-state index contributed by atoms with van der Waals surface area (Å²) in [4.78, 5) is 21.3. The minimum Gasteiger partial charge on any atom is -0.479 e. The first-order valence-corrected chi connectivity index (χ1v) is 11.0. The van der Waals surface area contributed by atoms with E-state index >= 15 is 0 Å². The fourth-order valence-corrected chi connectivity index (χ4v) is 2.30. The van der Waals surface area contributed by atoms with Crippen LogP contribution in [0.5, 0.6) is 0 Å². The minimum absolute atomic E-state index is 0.325. The number of carboxylic acid groups (broad SMARTS) is 1. The summed E-state index contributed by atoms with van der Waals surface area (Å²) in [7, 11) is 1.81. The Hall–Kier alpha value is -3.40. The molecule has 1 aromatic rings. The lowest BCUT2D eigenvalue weighted by atomic mass is 10.2. The molecule has 0 spiro atoms. The number of carboxylic acids is 1. The van der Waals surface area contributed by atoms with Gasteiger partial charge in [-0.3, -0.25) is 0 Å². The van der Waals surface area contributed by atoms with Gasteiger partial charge in [0, 0.05) is 25.4 Å². The maximum absolute atomic E-state index is 12.2. The number of halogens is 2. The highest BCUT2D eigenvalue weighted by molar-refractivity contribution is 5.68. The number of nitrogen functional groups attached to an aromatic ring is 1. The molecule has 1 unspecified atom stereocenters. The zero-order valence-electron chi connectivity index (χ0n) is 21.0. The topological polar surface area (TPSA) is 117 Å².